The Morgan fingerprint density at radius 3 is 2.68 bits per heavy atom. The fourth-order valence-electron chi connectivity index (χ4n) is 1.91. The molecule has 0 saturated heterocycles. The van der Waals surface area contributed by atoms with E-state index in [4.69, 9.17) is 14.6 Å². The summed E-state index contributed by atoms with van der Waals surface area (Å²) >= 11 is 0. The van der Waals surface area contributed by atoms with Gasteiger partial charge in [0.15, 0.2) is 11.5 Å². The molecule has 1 aromatic carbocycles. The summed E-state index contributed by atoms with van der Waals surface area (Å²) in [4.78, 5) is 24.4. The standard InChI is InChI=1S/C13H15NO5/c1-3-9(13(16)17)12(15)14(2)8-4-5-10-11(6-8)19-7-18-10/h4-6,9H,3,7H2,1-2H3,(H,16,17). The number of hydrogen-bond donors (Lipinski definition) is 1. The first-order valence-corrected chi connectivity index (χ1v) is 5.94. The molecule has 2 rings (SSSR count). The maximum Gasteiger partial charge on any atom is 0.316 e. The Morgan fingerprint density at radius 1 is 1.37 bits per heavy atom. The van der Waals surface area contributed by atoms with Crippen LogP contribution in [0.3, 0.4) is 0 Å². The summed E-state index contributed by atoms with van der Waals surface area (Å²) in [6, 6.07) is 5.05. The van der Waals surface area contributed by atoms with Crippen LogP contribution in [0, 0.1) is 5.92 Å². The average Bonchev–Trinajstić information content (AvgIpc) is 2.85. The lowest BCUT2D eigenvalue weighted by atomic mass is 10.1. The molecule has 1 aliphatic rings. The van der Waals surface area contributed by atoms with Crippen LogP contribution in [0.1, 0.15) is 13.3 Å². The number of carbonyl (C=O) groups excluding carboxylic acids is 1. The molecule has 1 N–H and O–H groups in total. The Labute approximate surface area is 110 Å². The molecular weight excluding hydrogens is 250 g/mol. The van der Waals surface area contributed by atoms with Crippen LogP contribution in [0.4, 0.5) is 5.69 Å². The Hall–Kier alpha value is -2.24. The Bertz CT molecular complexity index is 514. The molecule has 0 aromatic heterocycles. The molecule has 0 fully saturated rings. The topological polar surface area (TPSA) is 76.1 Å². The molecule has 1 unspecified atom stereocenters. The van der Waals surface area contributed by atoms with E-state index in [0.717, 1.165) is 0 Å². The lowest BCUT2D eigenvalue weighted by Crippen LogP contribution is -2.36. The van der Waals surface area contributed by atoms with Crippen molar-refractivity contribution in [1.82, 2.24) is 0 Å². The molecule has 1 aliphatic heterocycles. The first-order valence-electron chi connectivity index (χ1n) is 5.94. The third-order valence-corrected chi connectivity index (χ3v) is 3.08. The van der Waals surface area contributed by atoms with Crippen molar-refractivity contribution in [3.05, 3.63) is 18.2 Å². The second-order valence-corrected chi connectivity index (χ2v) is 4.23. The van der Waals surface area contributed by atoms with Crippen LogP contribution in [-0.4, -0.2) is 30.8 Å². The molecule has 102 valence electrons. The van der Waals surface area contributed by atoms with Crippen molar-refractivity contribution in [2.75, 3.05) is 18.7 Å². The van der Waals surface area contributed by atoms with E-state index < -0.39 is 17.8 Å². The summed E-state index contributed by atoms with van der Waals surface area (Å²) in [6.45, 7) is 1.83. The third-order valence-electron chi connectivity index (χ3n) is 3.08. The zero-order valence-corrected chi connectivity index (χ0v) is 10.8. The molecule has 19 heavy (non-hydrogen) atoms. The van der Waals surface area contributed by atoms with Crippen LogP contribution in [0.2, 0.25) is 0 Å². The van der Waals surface area contributed by atoms with E-state index in [2.05, 4.69) is 0 Å². The van der Waals surface area contributed by atoms with Gasteiger partial charge in [0.05, 0.1) is 0 Å². The van der Waals surface area contributed by atoms with Crippen LogP contribution in [0.15, 0.2) is 18.2 Å². The minimum Gasteiger partial charge on any atom is -0.481 e. The molecule has 1 heterocycles. The predicted octanol–water partition coefficient (Wildman–Crippen LogP) is 1.49. The number of carboxylic acids is 1. The van der Waals surface area contributed by atoms with Crippen LogP contribution >= 0.6 is 0 Å². The van der Waals surface area contributed by atoms with E-state index >= 15 is 0 Å². The lowest BCUT2D eigenvalue weighted by Gasteiger charge is -2.21. The molecule has 0 radical (unpaired) electrons. The van der Waals surface area contributed by atoms with Crippen LogP contribution in [0.5, 0.6) is 11.5 Å². The molecule has 0 spiro atoms. The number of ether oxygens (including phenoxy) is 2. The molecular formula is C13H15NO5. The second kappa shape index (κ2) is 5.17. The maximum atomic E-state index is 12.1. The summed E-state index contributed by atoms with van der Waals surface area (Å²) in [5, 5.41) is 9.00. The molecule has 0 aliphatic carbocycles. The summed E-state index contributed by atoms with van der Waals surface area (Å²) < 4.78 is 10.4. The van der Waals surface area contributed by atoms with Gasteiger partial charge in [0, 0.05) is 18.8 Å². The number of anilines is 1. The lowest BCUT2D eigenvalue weighted by molar-refractivity contribution is -0.146. The van der Waals surface area contributed by atoms with Gasteiger partial charge >= 0.3 is 5.97 Å². The summed E-state index contributed by atoms with van der Waals surface area (Å²) in [6.07, 6.45) is 0.253. The first kappa shape index (κ1) is 13.2. The van der Waals surface area contributed by atoms with Gasteiger partial charge in [-0.25, -0.2) is 0 Å². The minimum absolute atomic E-state index is 0.156. The molecule has 6 nitrogen and oxygen atoms in total. The zero-order chi connectivity index (χ0) is 14.0. The Balaban J connectivity index is 2.21. The first-order chi connectivity index (χ1) is 9.04. The van der Waals surface area contributed by atoms with Crippen molar-refractivity contribution in [2.45, 2.75) is 13.3 Å². The SMILES string of the molecule is CCC(C(=O)O)C(=O)N(C)c1ccc2c(c1)OCO2. The zero-order valence-electron chi connectivity index (χ0n) is 10.8. The van der Waals surface area contributed by atoms with Crippen molar-refractivity contribution in [1.29, 1.82) is 0 Å². The van der Waals surface area contributed by atoms with Crippen molar-refractivity contribution in [3.63, 3.8) is 0 Å². The molecule has 6 heteroatoms. The predicted molar refractivity (Wildman–Crippen MR) is 67.4 cm³/mol. The van der Waals surface area contributed by atoms with Crippen LogP contribution in [-0.2, 0) is 9.59 Å². The van der Waals surface area contributed by atoms with Gasteiger partial charge in [-0.15, -0.1) is 0 Å². The van der Waals surface area contributed by atoms with E-state index in [-0.39, 0.29) is 13.2 Å². The molecule has 1 aromatic rings. The maximum absolute atomic E-state index is 12.1. The molecule has 0 bridgehead atoms. The number of nitrogens with zero attached hydrogens (tertiary/aromatic N) is 1. The molecule has 1 atom stereocenters. The number of carbonyl (C=O) groups is 2. The monoisotopic (exact) mass is 265 g/mol. The van der Waals surface area contributed by atoms with Crippen molar-refractivity contribution >= 4 is 17.6 Å². The van der Waals surface area contributed by atoms with Gasteiger partial charge in [0.1, 0.15) is 5.92 Å². The molecule has 1 amide bonds. The van der Waals surface area contributed by atoms with Gasteiger partial charge in [-0.2, -0.15) is 0 Å². The van der Waals surface area contributed by atoms with Gasteiger partial charge in [-0.3, -0.25) is 9.59 Å². The van der Waals surface area contributed by atoms with E-state index in [1.807, 2.05) is 0 Å². The van der Waals surface area contributed by atoms with Gasteiger partial charge < -0.3 is 19.5 Å². The van der Waals surface area contributed by atoms with Crippen molar-refractivity contribution < 1.29 is 24.2 Å². The third kappa shape index (κ3) is 2.47. The van der Waals surface area contributed by atoms with Gasteiger partial charge in [0.25, 0.3) is 0 Å². The smallest absolute Gasteiger partial charge is 0.316 e. The highest BCUT2D eigenvalue weighted by molar-refractivity contribution is 6.05. The van der Waals surface area contributed by atoms with Crippen LogP contribution in [0.25, 0.3) is 0 Å². The number of benzene rings is 1. The summed E-state index contributed by atoms with van der Waals surface area (Å²) in [7, 11) is 1.55. The number of hydrogen-bond acceptors (Lipinski definition) is 4. The second-order valence-electron chi connectivity index (χ2n) is 4.23. The normalized spacial score (nSPS) is 14.0. The summed E-state index contributed by atoms with van der Waals surface area (Å²) in [5.41, 5.74) is 0.578. The summed E-state index contributed by atoms with van der Waals surface area (Å²) in [5.74, 6) is -1.42. The molecule has 0 saturated carbocycles. The fraction of sp³-hybridized carbons (Fsp3) is 0.385. The average molecular weight is 265 g/mol. The fourth-order valence-corrected chi connectivity index (χ4v) is 1.91. The number of rotatable bonds is 4. The van der Waals surface area contributed by atoms with E-state index in [1.54, 1.807) is 32.2 Å². The number of carboxylic acid groups (broad SMARTS) is 1. The van der Waals surface area contributed by atoms with Gasteiger partial charge in [-0.1, -0.05) is 6.92 Å². The van der Waals surface area contributed by atoms with Crippen molar-refractivity contribution in [3.8, 4) is 11.5 Å². The van der Waals surface area contributed by atoms with Crippen molar-refractivity contribution in [2.24, 2.45) is 5.92 Å². The Kier molecular flexibility index (Phi) is 3.59. The number of aliphatic carboxylic acids is 1. The highest BCUT2D eigenvalue weighted by atomic mass is 16.7. The minimum atomic E-state index is -1.11. The van der Waals surface area contributed by atoms with Crippen LogP contribution < -0.4 is 14.4 Å². The van der Waals surface area contributed by atoms with E-state index in [0.29, 0.717) is 17.2 Å². The number of fused-ring (bicyclic) bond motifs is 1. The number of amides is 1. The largest absolute Gasteiger partial charge is 0.481 e. The highest BCUT2D eigenvalue weighted by Gasteiger charge is 2.28. The quantitative estimate of drug-likeness (QED) is 0.835. The van der Waals surface area contributed by atoms with E-state index in [9.17, 15) is 9.59 Å². The highest BCUT2D eigenvalue weighted by Crippen LogP contribution is 2.35. The van der Waals surface area contributed by atoms with Gasteiger partial charge in [0.2, 0.25) is 12.7 Å². The Morgan fingerprint density at radius 2 is 2.05 bits per heavy atom. The van der Waals surface area contributed by atoms with Gasteiger partial charge in [-0.05, 0) is 18.6 Å². The van der Waals surface area contributed by atoms with E-state index in [1.165, 1.54) is 4.90 Å².